The number of aliphatic hydroxyl groups excluding tert-OH is 1. The van der Waals surface area contributed by atoms with Crippen LogP contribution in [0.1, 0.15) is 47.5 Å². The van der Waals surface area contributed by atoms with Crippen molar-refractivity contribution in [3.63, 3.8) is 0 Å². The summed E-state index contributed by atoms with van der Waals surface area (Å²) >= 11 is 1.67. The lowest BCUT2D eigenvalue weighted by atomic mass is 9.65. The molecule has 3 aliphatic heterocycles. The van der Waals surface area contributed by atoms with Crippen LogP contribution in [0.2, 0.25) is 0 Å². The molecule has 1 N–H and O–H groups in total. The molecule has 1 aromatic carbocycles. The van der Waals surface area contributed by atoms with Crippen molar-refractivity contribution in [3.05, 3.63) is 49.6 Å². The van der Waals surface area contributed by atoms with Crippen molar-refractivity contribution in [1.29, 1.82) is 0 Å². The fraction of sp³-hybridized carbons (Fsp3) is 0.606. The summed E-state index contributed by atoms with van der Waals surface area (Å²) in [5, 5.41) is 10.2. The molecule has 1 aromatic rings. The van der Waals surface area contributed by atoms with Gasteiger partial charge in [0.2, 0.25) is 11.8 Å². The number of carbonyl (C=O) groups excluding carboxylic acids is 3. The van der Waals surface area contributed by atoms with Gasteiger partial charge in [-0.05, 0) is 63.8 Å². The van der Waals surface area contributed by atoms with Crippen molar-refractivity contribution < 1.29 is 19.5 Å². The lowest BCUT2D eigenvalue weighted by molar-refractivity contribution is -0.145. The number of thioether (sulfide) groups is 1. The summed E-state index contributed by atoms with van der Waals surface area (Å²) < 4.78 is -0.755. The van der Waals surface area contributed by atoms with Crippen LogP contribution < -0.4 is 9.80 Å². The summed E-state index contributed by atoms with van der Waals surface area (Å²) in [5.74, 6) is -1.48. The van der Waals surface area contributed by atoms with Crippen LogP contribution in [-0.2, 0) is 14.4 Å². The van der Waals surface area contributed by atoms with Crippen molar-refractivity contribution >= 4 is 40.9 Å². The maximum absolute atomic E-state index is 14.8. The number of carbonyl (C=O) groups is 3. The van der Waals surface area contributed by atoms with Crippen molar-refractivity contribution in [2.24, 2.45) is 17.8 Å². The molecular weight excluding hydrogens is 548 g/mol. The Labute approximate surface area is 255 Å². The van der Waals surface area contributed by atoms with E-state index >= 15 is 0 Å². The first-order chi connectivity index (χ1) is 20.2. The fourth-order valence-corrected chi connectivity index (χ4v) is 9.94. The van der Waals surface area contributed by atoms with Gasteiger partial charge in [-0.15, -0.1) is 24.9 Å². The minimum absolute atomic E-state index is 0.0268. The van der Waals surface area contributed by atoms with Crippen molar-refractivity contribution in [1.82, 2.24) is 9.80 Å². The lowest BCUT2D eigenvalue weighted by Gasteiger charge is -2.42. The molecule has 7 atom stereocenters. The molecule has 8 nitrogen and oxygen atoms in total. The second kappa shape index (κ2) is 13.2. The standard InChI is InChI=1S/C33H48N4O4S/c1-8-17-35(18-9-2)30(39)27-26-20-22(6)33(42-26)28(27)31(40)37(23(7)21-38)29(33)32(41)36(19-10-3)25-15-13-24(14-16-25)34(11-4)12-5/h8,10,13-16,22-23,26-29,38H,1,3,9,11-12,17-21H2,2,4-7H3/t22?,23-,26-,27+,28+,29?,33?/m1/s1. The smallest absolute Gasteiger partial charge is 0.251 e. The van der Waals surface area contributed by atoms with Gasteiger partial charge in [-0.3, -0.25) is 14.4 Å². The largest absolute Gasteiger partial charge is 0.394 e. The molecule has 0 aromatic heterocycles. The highest BCUT2D eigenvalue weighted by atomic mass is 32.2. The van der Waals surface area contributed by atoms with Gasteiger partial charge in [0.25, 0.3) is 5.91 Å². The van der Waals surface area contributed by atoms with Crippen LogP contribution in [0.5, 0.6) is 0 Å². The summed E-state index contributed by atoms with van der Waals surface area (Å²) in [5.41, 5.74) is 1.81. The van der Waals surface area contributed by atoms with Crippen LogP contribution in [0, 0.1) is 17.8 Å². The predicted octanol–water partition coefficient (Wildman–Crippen LogP) is 4.19. The van der Waals surface area contributed by atoms with E-state index in [1.165, 1.54) is 0 Å². The maximum atomic E-state index is 14.8. The number of anilines is 2. The van der Waals surface area contributed by atoms with Crippen LogP contribution in [0.3, 0.4) is 0 Å². The quantitative estimate of drug-likeness (QED) is 0.324. The number of nitrogens with zero attached hydrogens (tertiary/aromatic N) is 4. The van der Waals surface area contributed by atoms with Crippen molar-refractivity contribution in [3.8, 4) is 0 Å². The Morgan fingerprint density at radius 1 is 1.10 bits per heavy atom. The van der Waals surface area contributed by atoms with E-state index in [-0.39, 0.29) is 42.0 Å². The summed E-state index contributed by atoms with van der Waals surface area (Å²) in [6, 6.07) is 6.58. The first-order valence-corrected chi connectivity index (χ1v) is 16.3. The molecule has 3 fully saturated rings. The minimum atomic E-state index is -0.804. The molecule has 42 heavy (non-hydrogen) atoms. The molecule has 0 radical (unpaired) electrons. The Hall–Kier alpha value is -2.78. The Balaban J connectivity index is 1.78. The van der Waals surface area contributed by atoms with Crippen molar-refractivity contribution in [2.75, 3.05) is 49.1 Å². The normalized spacial score (nSPS) is 28.4. The average Bonchev–Trinajstić information content (AvgIpc) is 3.59. The third-order valence-electron chi connectivity index (χ3n) is 9.46. The minimum Gasteiger partial charge on any atom is -0.394 e. The zero-order valence-electron chi connectivity index (χ0n) is 25.9. The lowest BCUT2D eigenvalue weighted by Crippen LogP contribution is -2.59. The molecule has 0 saturated carbocycles. The number of likely N-dealkylation sites (tertiary alicyclic amines) is 1. The molecule has 1 spiro atoms. The molecular formula is C33H48N4O4S. The number of hydrogen-bond acceptors (Lipinski definition) is 6. The van der Waals surface area contributed by atoms with E-state index in [0.29, 0.717) is 13.1 Å². The molecule has 230 valence electrons. The van der Waals surface area contributed by atoms with E-state index in [0.717, 1.165) is 37.3 Å². The second-order valence-corrected chi connectivity index (χ2v) is 13.4. The van der Waals surface area contributed by atoms with Gasteiger partial charge in [0, 0.05) is 49.3 Å². The van der Waals surface area contributed by atoms with E-state index in [9.17, 15) is 19.5 Å². The number of fused-ring (bicyclic) bond motifs is 1. The number of aliphatic hydroxyl groups is 1. The molecule has 3 heterocycles. The Morgan fingerprint density at radius 2 is 1.71 bits per heavy atom. The predicted molar refractivity (Wildman–Crippen MR) is 172 cm³/mol. The van der Waals surface area contributed by atoms with E-state index in [1.807, 2.05) is 31.2 Å². The third kappa shape index (κ3) is 5.17. The monoisotopic (exact) mass is 596 g/mol. The van der Waals surface area contributed by atoms with Gasteiger partial charge in [-0.25, -0.2) is 0 Å². The van der Waals surface area contributed by atoms with Crippen LogP contribution in [-0.4, -0.2) is 94.0 Å². The molecule has 0 aliphatic carbocycles. The fourth-order valence-electron chi connectivity index (χ4n) is 7.54. The first-order valence-electron chi connectivity index (χ1n) is 15.4. The zero-order chi connectivity index (χ0) is 30.8. The van der Waals surface area contributed by atoms with E-state index in [4.69, 9.17) is 0 Å². The molecule has 9 heteroatoms. The highest BCUT2D eigenvalue weighted by Crippen LogP contribution is 2.69. The summed E-state index contributed by atoms with van der Waals surface area (Å²) in [7, 11) is 0. The number of hydrogen-bond donors (Lipinski definition) is 1. The topological polar surface area (TPSA) is 84.4 Å². The SMILES string of the molecule is C=CCN(CCC)C(=O)[C@@H]1[C@H]2C(=O)N([C@H](C)CO)C(C(=O)N(CC=C)c3ccc(N(CC)CC)cc3)C23S[C@@H]1CC3C. The number of rotatable bonds is 14. The van der Waals surface area contributed by atoms with E-state index in [1.54, 1.807) is 45.5 Å². The summed E-state index contributed by atoms with van der Waals surface area (Å²) in [4.78, 5) is 50.6. The van der Waals surface area contributed by atoms with Crippen LogP contribution in [0.4, 0.5) is 11.4 Å². The molecule has 4 rings (SSSR count). The van der Waals surface area contributed by atoms with E-state index in [2.05, 4.69) is 38.8 Å². The molecule has 3 aliphatic rings. The number of benzene rings is 1. The number of amides is 3. The zero-order valence-corrected chi connectivity index (χ0v) is 26.7. The molecule has 3 unspecified atom stereocenters. The van der Waals surface area contributed by atoms with Crippen LogP contribution in [0.25, 0.3) is 0 Å². The highest BCUT2D eigenvalue weighted by Gasteiger charge is 2.76. The maximum Gasteiger partial charge on any atom is 0.251 e. The molecule has 3 amide bonds. The summed E-state index contributed by atoms with van der Waals surface area (Å²) in [6.07, 6.45) is 5.01. The summed E-state index contributed by atoms with van der Waals surface area (Å²) in [6.45, 7) is 20.7. The average molecular weight is 597 g/mol. The molecule has 2 bridgehead atoms. The first kappa shape index (κ1) is 32.1. The van der Waals surface area contributed by atoms with Crippen LogP contribution in [0.15, 0.2) is 49.6 Å². The van der Waals surface area contributed by atoms with Gasteiger partial charge < -0.3 is 24.7 Å². The van der Waals surface area contributed by atoms with Gasteiger partial charge in [0.1, 0.15) is 6.04 Å². The Morgan fingerprint density at radius 3 is 2.26 bits per heavy atom. The van der Waals surface area contributed by atoms with Gasteiger partial charge in [-0.2, -0.15) is 0 Å². The highest BCUT2D eigenvalue weighted by molar-refractivity contribution is 8.02. The Bertz CT molecular complexity index is 1170. The third-order valence-corrected chi connectivity index (χ3v) is 11.5. The van der Waals surface area contributed by atoms with Crippen molar-refractivity contribution in [2.45, 2.75) is 69.5 Å². The second-order valence-electron chi connectivity index (χ2n) is 11.8. The Kier molecular flexibility index (Phi) is 10.1. The van der Waals surface area contributed by atoms with Crippen LogP contribution >= 0.6 is 11.8 Å². The van der Waals surface area contributed by atoms with Gasteiger partial charge in [0.15, 0.2) is 0 Å². The van der Waals surface area contributed by atoms with E-state index < -0.39 is 28.7 Å². The van der Waals surface area contributed by atoms with Gasteiger partial charge >= 0.3 is 0 Å². The molecule has 3 saturated heterocycles. The van der Waals surface area contributed by atoms with Gasteiger partial charge in [-0.1, -0.05) is 26.0 Å². The van der Waals surface area contributed by atoms with Gasteiger partial charge in [0.05, 0.1) is 29.2 Å².